The minimum atomic E-state index is -0.644. The summed E-state index contributed by atoms with van der Waals surface area (Å²) >= 11 is 3.32. The van der Waals surface area contributed by atoms with Crippen LogP contribution in [0.2, 0.25) is 0 Å². The molecule has 0 aliphatic heterocycles. The van der Waals surface area contributed by atoms with E-state index in [0.29, 0.717) is 6.61 Å². The van der Waals surface area contributed by atoms with Crippen LogP contribution in [0, 0.1) is 11.3 Å². The molecule has 0 aliphatic rings. The number of esters is 1. The predicted molar refractivity (Wildman–Crippen MR) is 70.6 cm³/mol. The molecule has 1 aromatic rings. The lowest BCUT2D eigenvalue weighted by atomic mass is 10.1. The van der Waals surface area contributed by atoms with Crippen molar-refractivity contribution in [1.82, 2.24) is 0 Å². The van der Waals surface area contributed by atoms with Crippen LogP contribution in [0.4, 0.5) is 0 Å². The smallest absolute Gasteiger partial charge is 0.348 e. The van der Waals surface area contributed by atoms with Crippen LogP contribution in [0.25, 0.3) is 6.08 Å². The summed E-state index contributed by atoms with van der Waals surface area (Å²) in [5.74, 6) is -0.644. The molecule has 94 valence electrons. The van der Waals surface area contributed by atoms with Gasteiger partial charge in [-0.25, -0.2) is 4.79 Å². The van der Waals surface area contributed by atoms with Gasteiger partial charge in [0.15, 0.2) is 0 Å². The normalized spacial score (nSPS) is 10.8. The molecule has 0 N–H and O–H groups in total. The van der Waals surface area contributed by atoms with E-state index in [4.69, 9.17) is 14.7 Å². The Balaban J connectivity index is 2.77. The lowest BCUT2D eigenvalue weighted by molar-refractivity contribution is -0.139. The van der Waals surface area contributed by atoms with Gasteiger partial charge in [-0.2, -0.15) is 5.26 Å². The van der Waals surface area contributed by atoms with Crippen LogP contribution in [0.1, 0.15) is 5.56 Å². The molecule has 0 spiro atoms. The van der Waals surface area contributed by atoms with Crippen molar-refractivity contribution in [2.75, 3.05) is 20.3 Å². The van der Waals surface area contributed by atoms with Crippen LogP contribution in [-0.4, -0.2) is 26.3 Å². The summed E-state index contributed by atoms with van der Waals surface area (Å²) in [6.45, 7) is 0.439. The Morgan fingerprint density at radius 2 is 2.28 bits per heavy atom. The number of hydrogen-bond donors (Lipinski definition) is 0. The number of nitriles is 1. The Hall–Kier alpha value is -1.64. The number of ether oxygens (including phenoxy) is 2. The molecule has 5 heteroatoms. The third-order valence-electron chi connectivity index (χ3n) is 2.02. The maximum atomic E-state index is 11.6. The SMILES string of the molecule is COCCOC(=O)/C(C#N)=C/c1cccc(Br)c1. The molecule has 0 heterocycles. The minimum absolute atomic E-state index is 0.0378. The fourth-order valence-corrected chi connectivity index (χ4v) is 1.61. The summed E-state index contributed by atoms with van der Waals surface area (Å²) in [7, 11) is 1.51. The van der Waals surface area contributed by atoms with Gasteiger partial charge in [-0.1, -0.05) is 28.1 Å². The van der Waals surface area contributed by atoms with Gasteiger partial charge >= 0.3 is 5.97 Å². The standard InChI is InChI=1S/C13H12BrNO3/c1-17-5-6-18-13(16)11(9-15)7-10-3-2-4-12(14)8-10/h2-4,7-8H,5-6H2,1H3/b11-7+. The van der Waals surface area contributed by atoms with Crippen molar-refractivity contribution in [3.63, 3.8) is 0 Å². The van der Waals surface area contributed by atoms with E-state index in [1.807, 2.05) is 18.2 Å². The number of rotatable bonds is 5. The second kappa shape index (κ2) is 7.64. The predicted octanol–water partition coefficient (Wildman–Crippen LogP) is 2.55. The molecule has 0 bridgehead atoms. The monoisotopic (exact) mass is 309 g/mol. The molecule has 0 saturated heterocycles. The van der Waals surface area contributed by atoms with E-state index in [2.05, 4.69) is 15.9 Å². The van der Waals surface area contributed by atoms with Crippen molar-refractivity contribution >= 4 is 28.0 Å². The van der Waals surface area contributed by atoms with E-state index in [1.165, 1.54) is 13.2 Å². The molecule has 0 fully saturated rings. The lowest BCUT2D eigenvalue weighted by Gasteiger charge is -2.02. The molecule has 18 heavy (non-hydrogen) atoms. The van der Waals surface area contributed by atoms with Gasteiger partial charge in [0.1, 0.15) is 18.2 Å². The van der Waals surface area contributed by atoms with E-state index < -0.39 is 5.97 Å². The first-order valence-electron chi connectivity index (χ1n) is 5.21. The van der Waals surface area contributed by atoms with Crippen LogP contribution in [0.15, 0.2) is 34.3 Å². The summed E-state index contributed by atoms with van der Waals surface area (Å²) in [5.41, 5.74) is 0.716. The zero-order chi connectivity index (χ0) is 13.4. The molecule has 0 radical (unpaired) electrons. The van der Waals surface area contributed by atoms with Gasteiger partial charge < -0.3 is 9.47 Å². The van der Waals surface area contributed by atoms with Gasteiger partial charge in [0.25, 0.3) is 0 Å². The fraction of sp³-hybridized carbons (Fsp3) is 0.231. The highest BCUT2D eigenvalue weighted by atomic mass is 79.9. The summed E-state index contributed by atoms with van der Waals surface area (Å²) in [6.07, 6.45) is 1.49. The number of hydrogen-bond acceptors (Lipinski definition) is 4. The summed E-state index contributed by atoms with van der Waals surface area (Å²) in [5, 5.41) is 8.92. The van der Waals surface area contributed by atoms with Gasteiger partial charge in [0, 0.05) is 11.6 Å². The molecule has 0 amide bonds. The highest BCUT2D eigenvalue weighted by molar-refractivity contribution is 9.10. The summed E-state index contributed by atoms with van der Waals surface area (Å²) in [4.78, 5) is 11.6. The first-order valence-corrected chi connectivity index (χ1v) is 6.00. The van der Waals surface area contributed by atoms with Crippen LogP contribution >= 0.6 is 15.9 Å². The fourth-order valence-electron chi connectivity index (χ4n) is 1.20. The van der Waals surface area contributed by atoms with Crippen molar-refractivity contribution in [1.29, 1.82) is 5.26 Å². The highest BCUT2D eigenvalue weighted by Gasteiger charge is 2.10. The third kappa shape index (κ3) is 4.70. The number of carbonyl (C=O) groups is 1. The quantitative estimate of drug-likeness (QED) is 0.363. The van der Waals surface area contributed by atoms with E-state index >= 15 is 0 Å². The van der Waals surface area contributed by atoms with Crippen LogP contribution < -0.4 is 0 Å². The number of carbonyl (C=O) groups excluding carboxylic acids is 1. The molecule has 0 unspecified atom stereocenters. The van der Waals surface area contributed by atoms with Crippen molar-refractivity contribution in [3.05, 3.63) is 39.9 Å². The number of benzene rings is 1. The second-order valence-electron chi connectivity index (χ2n) is 3.35. The largest absolute Gasteiger partial charge is 0.459 e. The maximum Gasteiger partial charge on any atom is 0.348 e. The minimum Gasteiger partial charge on any atom is -0.459 e. The molecule has 0 aromatic heterocycles. The number of halogens is 1. The topological polar surface area (TPSA) is 59.3 Å². The van der Waals surface area contributed by atoms with Gasteiger partial charge in [0.05, 0.1) is 6.61 Å². The molecular weight excluding hydrogens is 298 g/mol. The molecule has 4 nitrogen and oxygen atoms in total. The Morgan fingerprint density at radius 1 is 1.50 bits per heavy atom. The number of methoxy groups -OCH3 is 1. The van der Waals surface area contributed by atoms with E-state index in [0.717, 1.165) is 10.0 Å². The Labute approximate surface area is 114 Å². The molecule has 0 aliphatic carbocycles. The molecule has 0 saturated carbocycles. The van der Waals surface area contributed by atoms with Crippen LogP contribution in [-0.2, 0) is 14.3 Å². The van der Waals surface area contributed by atoms with Crippen molar-refractivity contribution < 1.29 is 14.3 Å². The van der Waals surface area contributed by atoms with Crippen LogP contribution in [0.3, 0.4) is 0 Å². The van der Waals surface area contributed by atoms with Gasteiger partial charge in [-0.3, -0.25) is 0 Å². The van der Waals surface area contributed by atoms with Crippen molar-refractivity contribution in [2.24, 2.45) is 0 Å². The highest BCUT2D eigenvalue weighted by Crippen LogP contribution is 2.14. The zero-order valence-corrected chi connectivity index (χ0v) is 11.4. The Bertz CT molecular complexity index is 491. The van der Waals surface area contributed by atoms with E-state index in [-0.39, 0.29) is 12.2 Å². The maximum absolute atomic E-state index is 11.6. The molecule has 0 atom stereocenters. The second-order valence-corrected chi connectivity index (χ2v) is 4.27. The molecule has 1 aromatic carbocycles. The average Bonchev–Trinajstić information content (AvgIpc) is 2.36. The first kappa shape index (κ1) is 14.4. The molecule has 1 rings (SSSR count). The zero-order valence-electron chi connectivity index (χ0n) is 9.85. The van der Waals surface area contributed by atoms with Gasteiger partial charge in [-0.15, -0.1) is 0 Å². The van der Waals surface area contributed by atoms with E-state index in [9.17, 15) is 4.79 Å². The third-order valence-corrected chi connectivity index (χ3v) is 2.51. The van der Waals surface area contributed by atoms with Crippen molar-refractivity contribution in [2.45, 2.75) is 0 Å². The number of nitrogens with zero attached hydrogens (tertiary/aromatic N) is 1. The summed E-state index contributed by atoms with van der Waals surface area (Å²) < 4.78 is 10.5. The van der Waals surface area contributed by atoms with Gasteiger partial charge in [0.2, 0.25) is 0 Å². The van der Waals surface area contributed by atoms with Crippen LogP contribution in [0.5, 0.6) is 0 Å². The average molecular weight is 310 g/mol. The van der Waals surface area contributed by atoms with Gasteiger partial charge in [-0.05, 0) is 23.8 Å². The Kier molecular flexibility index (Phi) is 6.12. The Morgan fingerprint density at radius 3 is 2.89 bits per heavy atom. The molecular formula is C13H12BrNO3. The first-order chi connectivity index (χ1) is 8.67. The van der Waals surface area contributed by atoms with E-state index in [1.54, 1.807) is 12.1 Å². The lowest BCUT2D eigenvalue weighted by Crippen LogP contribution is -2.11. The van der Waals surface area contributed by atoms with Crippen molar-refractivity contribution in [3.8, 4) is 6.07 Å². The summed E-state index contributed by atoms with van der Waals surface area (Å²) in [6, 6.07) is 9.11.